The molecule has 0 unspecified atom stereocenters. The van der Waals surface area contributed by atoms with E-state index in [1.165, 1.54) is 0 Å². The number of carbonyl (C=O) groups excluding carboxylic acids is 1. The van der Waals surface area contributed by atoms with Crippen molar-refractivity contribution in [3.8, 4) is 0 Å². The number of thiazole rings is 1. The van der Waals surface area contributed by atoms with Gasteiger partial charge in [-0.3, -0.25) is 10.6 Å². The van der Waals surface area contributed by atoms with Gasteiger partial charge < -0.3 is 10.3 Å². The molecule has 0 aliphatic carbocycles. The lowest BCUT2D eigenvalue weighted by atomic mass is 10.1. The van der Waals surface area contributed by atoms with Crippen LogP contribution in [-0.4, -0.2) is 22.8 Å². The number of aromatic nitrogens is 1. The molecule has 0 aliphatic heterocycles. The third-order valence-electron chi connectivity index (χ3n) is 3.13. The normalized spacial score (nSPS) is 10.4. The number of benzene rings is 1. The Morgan fingerprint density at radius 3 is 2.80 bits per heavy atom. The van der Waals surface area contributed by atoms with Crippen molar-refractivity contribution in [2.45, 2.75) is 20.4 Å². The molecule has 0 fully saturated rings. The van der Waals surface area contributed by atoms with Gasteiger partial charge in [-0.15, -0.1) is 11.3 Å². The van der Waals surface area contributed by atoms with Gasteiger partial charge in [0, 0.05) is 11.9 Å². The fraction of sp³-hybridized carbons (Fsp3) is 0.286. The van der Waals surface area contributed by atoms with E-state index in [9.17, 15) is 4.79 Å². The van der Waals surface area contributed by atoms with Gasteiger partial charge in [-0.05, 0) is 26.0 Å². The molecule has 0 radical (unpaired) electrons. The molecule has 0 bridgehead atoms. The summed E-state index contributed by atoms with van der Waals surface area (Å²) in [6, 6.07) is 5.57. The van der Waals surface area contributed by atoms with Crippen molar-refractivity contribution in [2.75, 3.05) is 12.5 Å². The Morgan fingerprint density at radius 2 is 2.20 bits per heavy atom. The fourth-order valence-corrected chi connectivity index (χ4v) is 2.76. The molecule has 1 heterocycles. The zero-order valence-electron chi connectivity index (χ0n) is 11.8. The van der Waals surface area contributed by atoms with Gasteiger partial charge in [0.15, 0.2) is 0 Å². The van der Waals surface area contributed by atoms with Crippen LogP contribution in [0.2, 0.25) is 0 Å². The first-order valence-corrected chi connectivity index (χ1v) is 7.12. The second-order valence-corrected chi connectivity index (χ2v) is 5.65. The number of hydrogen-bond donors (Lipinski definition) is 2. The Kier molecular flexibility index (Phi) is 4.36. The summed E-state index contributed by atoms with van der Waals surface area (Å²) in [7, 11) is 1.78. The third kappa shape index (κ3) is 2.97. The molecular formula is C14H18N4OS. The first-order chi connectivity index (χ1) is 9.52. The number of carbonyl (C=O) groups is 1. The van der Waals surface area contributed by atoms with E-state index in [2.05, 4.69) is 10.4 Å². The average Bonchev–Trinajstić information content (AvgIpc) is 2.83. The minimum atomic E-state index is -0.0607. The molecule has 0 saturated carbocycles. The average molecular weight is 290 g/mol. The molecule has 20 heavy (non-hydrogen) atoms. The van der Waals surface area contributed by atoms with E-state index in [-0.39, 0.29) is 5.91 Å². The van der Waals surface area contributed by atoms with E-state index in [0.29, 0.717) is 17.8 Å². The Hall–Kier alpha value is -1.92. The highest BCUT2D eigenvalue weighted by Gasteiger charge is 2.17. The lowest BCUT2D eigenvalue weighted by Gasteiger charge is -2.19. The highest BCUT2D eigenvalue weighted by molar-refractivity contribution is 7.09. The summed E-state index contributed by atoms with van der Waals surface area (Å²) in [5.74, 6) is 5.41. The zero-order valence-corrected chi connectivity index (χ0v) is 12.6. The largest absolute Gasteiger partial charge is 0.336 e. The van der Waals surface area contributed by atoms with Crippen LogP contribution in [0.25, 0.3) is 0 Å². The fourth-order valence-electron chi connectivity index (χ4n) is 1.93. The lowest BCUT2D eigenvalue weighted by Crippen LogP contribution is -2.27. The molecule has 1 amide bonds. The number of nitrogen functional groups attached to an aromatic ring is 1. The number of rotatable bonds is 4. The van der Waals surface area contributed by atoms with Crippen molar-refractivity contribution in [1.82, 2.24) is 9.88 Å². The minimum absolute atomic E-state index is 0.0607. The van der Waals surface area contributed by atoms with Gasteiger partial charge >= 0.3 is 0 Å². The molecule has 1 aromatic heterocycles. The van der Waals surface area contributed by atoms with Crippen molar-refractivity contribution in [3.05, 3.63) is 45.4 Å². The Morgan fingerprint density at radius 1 is 1.45 bits per heavy atom. The molecule has 106 valence electrons. The highest BCUT2D eigenvalue weighted by Crippen LogP contribution is 2.20. The number of anilines is 1. The number of nitrogens with one attached hydrogen (secondary N) is 1. The first-order valence-electron chi connectivity index (χ1n) is 6.24. The van der Waals surface area contributed by atoms with Gasteiger partial charge in [0.05, 0.1) is 29.0 Å². The summed E-state index contributed by atoms with van der Waals surface area (Å²) in [4.78, 5) is 19.5. The number of nitrogens with two attached hydrogens (primary N) is 1. The Balaban J connectivity index is 2.22. The molecule has 0 spiro atoms. The van der Waals surface area contributed by atoms with Gasteiger partial charge in [-0.25, -0.2) is 4.98 Å². The maximum absolute atomic E-state index is 12.5. The van der Waals surface area contributed by atoms with Crippen molar-refractivity contribution in [2.24, 2.45) is 5.84 Å². The van der Waals surface area contributed by atoms with E-state index in [0.717, 1.165) is 16.1 Å². The monoisotopic (exact) mass is 290 g/mol. The van der Waals surface area contributed by atoms with Crippen LogP contribution in [0.1, 0.15) is 26.5 Å². The molecule has 0 saturated heterocycles. The number of amides is 1. The second-order valence-electron chi connectivity index (χ2n) is 4.72. The number of aryl methyl sites for hydroxylation is 2. The van der Waals surface area contributed by atoms with Gasteiger partial charge in [0.2, 0.25) is 0 Å². The maximum Gasteiger partial charge on any atom is 0.256 e. The van der Waals surface area contributed by atoms with Crippen molar-refractivity contribution in [3.63, 3.8) is 0 Å². The predicted molar refractivity (Wildman–Crippen MR) is 81.6 cm³/mol. The van der Waals surface area contributed by atoms with Gasteiger partial charge in [0.1, 0.15) is 0 Å². The van der Waals surface area contributed by atoms with Gasteiger partial charge in [0.25, 0.3) is 5.91 Å². The SMILES string of the molecule is Cc1ccc(NN)c(C(=O)N(C)Cc2scnc2C)c1. The topological polar surface area (TPSA) is 71.2 Å². The van der Waals surface area contributed by atoms with Crippen LogP contribution >= 0.6 is 11.3 Å². The van der Waals surface area contributed by atoms with E-state index < -0.39 is 0 Å². The second kappa shape index (κ2) is 6.02. The molecule has 5 nitrogen and oxygen atoms in total. The molecular weight excluding hydrogens is 272 g/mol. The quantitative estimate of drug-likeness (QED) is 0.669. The third-order valence-corrected chi connectivity index (χ3v) is 4.05. The summed E-state index contributed by atoms with van der Waals surface area (Å²) < 4.78 is 0. The zero-order chi connectivity index (χ0) is 14.7. The van der Waals surface area contributed by atoms with Crippen LogP contribution in [0.3, 0.4) is 0 Å². The number of nitrogens with zero attached hydrogens (tertiary/aromatic N) is 2. The van der Waals surface area contributed by atoms with E-state index in [1.54, 1.807) is 28.8 Å². The molecule has 0 atom stereocenters. The summed E-state index contributed by atoms with van der Waals surface area (Å²) in [5.41, 5.74) is 7.57. The van der Waals surface area contributed by atoms with Crippen LogP contribution in [-0.2, 0) is 6.54 Å². The smallest absolute Gasteiger partial charge is 0.256 e. The molecule has 2 aromatic rings. The molecule has 2 rings (SSSR count). The van der Waals surface area contributed by atoms with Crippen LogP contribution < -0.4 is 11.3 Å². The summed E-state index contributed by atoms with van der Waals surface area (Å²) in [5, 5.41) is 0. The number of hydrogen-bond acceptors (Lipinski definition) is 5. The highest BCUT2D eigenvalue weighted by atomic mass is 32.1. The van der Waals surface area contributed by atoms with E-state index in [4.69, 9.17) is 5.84 Å². The Bertz CT molecular complexity index is 623. The van der Waals surface area contributed by atoms with Crippen LogP contribution in [0.15, 0.2) is 23.7 Å². The summed E-state index contributed by atoms with van der Waals surface area (Å²) in [6.45, 7) is 4.45. The summed E-state index contributed by atoms with van der Waals surface area (Å²) in [6.07, 6.45) is 0. The molecule has 0 aliphatic rings. The minimum Gasteiger partial charge on any atom is -0.336 e. The van der Waals surface area contributed by atoms with E-state index >= 15 is 0 Å². The van der Waals surface area contributed by atoms with Crippen molar-refractivity contribution >= 4 is 22.9 Å². The standard InChI is InChI=1S/C14H18N4OS/c1-9-4-5-12(17-15)11(6-9)14(19)18(3)7-13-10(2)16-8-20-13/h4-6,8,17H,7,15H2,1-3H3. The van der Waals surface area contributed by atoms with Gasteiger partial charge in [-0.1, -0.05) is 11.6 Å². The van der Waals surface area contributed by atoms with Crippen LogP contribution in [0, 0.1) is 13.8 Å². The van der Waals surface area contributed by atoms with E-state index in [1.807, 2.05) is 32.0 Å². The van der Waals surface area contributed by atoms with Crippen molar-refractivity contribution < 1.29 is 4.79 Å². The lowest BCUT2D eigenvalue weighted by molar-refractivity contribution is 0.0787. The molecule has 6 heteroatoms. The van der Waals surface area contributed by atoms with Gasteiger partial charge in [-0.2, -0.15) is 0 Å². The first kappa shape index (κ1) is 14.5. The molecule has 3 N–H and O–H groups in total. The van der Waals surface area contributed by atoms with Crippen LogP contribution in [0.5, 0.6) is 0 Å². The molecule has 1 aromatic carbocycles. The predicted octanol–water partition coefficient (Wildman–Crippen LogP) is 2.32. The van der Waals surface area contributed by atoms with Crippen molar-refractivity contribution in [1.29, 1.82) is 0 Å². The maximum atomic E-state index is 12.5. The number of hydrazine groups is 1. The Labute approximate surface area is 122 Å². The van der Waals surface area contributed by atoms with Crippen LogP contribution in [0.4, 0.5) is 5.69 Å². The summed E-state index contributed by atoms with van der Waals surface area (Å²) >= 11 is 1.56.